The van der Waals surface area contributed by atoms with E-state index in [2.05, 4.69) is 20.9 Å². The zero-order valence-electron chi connectivity index (χ0n) is 9.64. The van der Waals surface area contributed by atoms with Crippen molar-refractivity contribution in [2.45, 2.75) is 17.9 Å². The van der Waals surface area contributed by atoms with E-state index in [-0.39, 0.29) is 16.1 Å². The van der Waals surface area contributed by atoms with Crippen molar-refractivity contribution in [2.24, 2.45) is 0 Å². The summed E-state index contributed by atoms with van der Waals surface area (Å²) in [6, 6.07) is 1.26. The van der Waals surface area contributed by atoms with Crippen molar-refractivity contribution in [3.8, 4) is 0 Å². The Balaban J connectivity index is 2.44. The van der Waals surface area contributed by atoms with E-state index in [4.69, 9.17) is 16.3 Å². The van der Waals surface area contributed by atoms with E-state index in [1.54, 1.807) is 6.92 Å². The predicted molar refractivity (Wildman–Crippen MR) is 71.1 cm³/mol. The molecule has 1 aliphatic rings. The van der Waals surface area contributed by atoms with Crippen LogP contribution in [0, 0.1) is 0 Å². The molecule has 0 unspecified atom stereocenters. The number of morpholine rings is 1. The van der Waals surface area contributed by atoms with Gasteiger partial charge in [-0.05, 0) is 28.9 Å². The standard InChI is InChI=1S/C10H12BrClN2O3S/c1-7-6-17-3-2-14(7)18(15,16)9-4-8(11)5-13-10(9)12/h4-5,7H,2-3,6H2,1H3/t7-/m1/s1. The zero-order chi connectivity index (χ0) is 13.3. The Morgan fingerprint density at radius 3 is 3.00 bits per heavy atom. The maximum Gasteiger partial charge on any atom is 0.246 e. The van der Waals surface area contributed by atoms with Gasteiger partial charge in [-0.1, -0.05) is 11.6 Å². The first kappa shape index (κ1) is 14.2. The van der Waals surface area contributed by atoms with Crippen LogP contribution in [0.15, 0.2) is 21.6 Å². The number of nitrogens with zero attached hydrogens (tertiary/aromatic N) is 2. The summed E-state index contributed by atoms with van der Waals surface area (Å²) < 4.78 is 32.2. The molecule has 1 fully saturated rings. The van der Waals surface area contributed by atoms with Gasteiger partial charge in [-0.15, -0.1) is 0 Å². The van der Waals surface area contributed by atoms with Gasteiger partial charge in [0.1, 0.15) is 10.0 Å². The van der Waals surface area contributed by atoms with Gasteiger partial charge >= 0.3 is 0 Å². The molecule has 1 atom stereocenters. The Morgan fingerprint density at radius 2 is 2.33 bits per heavy atom. The number of ether oxygens (including phenoxy) is 1. The molecule has 18 heavy (non-hydrogen) atoms. The van der Waals surface area contributed by atoms with E-state index in [9.17, 15) is 8.42 Å². The highest BCUT2D eigenvalue weighted by molar-refractivity contribution is 9.10. The third kappa shape index (κ3) is 2.70. The third-order valence-electron chi connectivity index (χ3n) is 2.67. The number of sulfonamides is 1. The number of aromatic nitrogens is 1. The zero-order valence-corrected chi connectivity index (χ0v) is 12.8. The Morgan fingerprint density at radius 1 is 1.61 bits per heavy atom. The second-order valence-corrected chi connectivity index (χ2v) is 7.11. The van der Waals surface area contributed by atoms with E-state index in [0.717, 1.165) is 0 Å². The Labute approximate surface area is 119 Å². The fourth-order valence-corrected chi connectivity index (χ4v) is 4.30. The van der Waals surface area contributed by atoms with Gasteiger partial charge in [0.05, 0.1) is 13.2 Å². The summed E-state index contributed by atoms with van der Waals surface area (Å²) in [6.07, 6.45) is 1.46. The van der Waals surface area contributed by atoms with Crippen molar-refractivity contribution < 1.29 is 13.2 Å². The molecule has 1 saturated heterocycles. The average Bonchev–Trinajstić information content (AvgIpc) is 2.32. The number of hydrogen-bond acceptors (Lipinski definition) is 4. The Bertz CT molecular complexity index is 552. The summed E-state index contributed by atoms with van der Waals surface area (Å²) in [4.78, 5) is 3.87. The molecule has 0 spiro atoms. The molecular formula is C10H12BrClN2O3S. The van der Waals surface area contributed by atoms with Crippen molar-refractivity contribution in [2.75, 3.05) is 19.8 Å². The molecule has 2 heterocycles. The first-order valence-electron chi connectivity index (χ1n) is 5.33. The summed E-state index contributed by atoms with van der Waals surface area (Å²) in [7, 11) is -3.64. The van der Waals surface area contributed by atoms with Crippen LogP contribution < -0.4 is 0 Å². The second-order valence-electron chi connectivity index (χ2n) is 3.98. The van der Waals surface area contributed by atoms with Crippen molar-refractivity contribution in [1.29, 1.82) is 0 Å². The SMILES string of the molecule is C[C@@H]1COCCN1S(=O)(=O)c1cc(Br)cnc1Cl. The molecule has 1 aliphatic heterocycles. The average molecular weight is 356 g/mol. The number of pyridine rings is 1. The molecular weight excluding hydrogens is 344 g/mol. The molecule has 2 rings (SSSR count). The van der Waals surface area contributed by atoms with Crippen molar-refractivity contribution in [1.82, 2.24) is 9.29 Å². The van der Waals surface area contributed by atoms with E-state index >= 15 is 0 Å². The maximum absolute atomic E-state index is 12.5. The molecule has 0 N–H and O–H groups in total. The molecule has 1 aromatic rings. The Hall–Kier alpha value is -0.210. The molecule has 0 radical (unpaired) electrons. The van der Waals surface area contributed by atoms with Crippen LogP contribution >= 0.6 is 27.5 Å². The highest BCUT2D eigenvalue weighted by atomic mass is 79.9. The van der Waals surface area contributed by atoms with Gasteiger partial charge in [-0.25, -0.2) is 13.4 Å². The molecule has 0 aromatic carbocycles. The molecule has 5 nitrogen and oxygen atoms in total. The van der Waals surface area contributed by atoms with Crippen LogP contribution in [0.3, 0.4) is 0 Å². The van der Waals surface area contributed by atoms with Crippen LogP contribution in [-0.4, -0.2) is 43.5 Å². The molecule has 0 saturated carbocycles. The maximum atomic E-state index is 12.5. The predicted octanol–water partition coefficient (Wildman–Crippen LogP) is 1.91. The molecule has 8 heteroatoms. The largest absolute Gasteiger partial charge is 0.378 e. The topological polar surface area (TPSA) is 59.5 Å². The number of hydrogen-bond donors (Lipinski definition) is 0. The normalized spacial score (nSPS) is 22.1. The monoisotopic (exact) mass is 354 g/mol. The van der Waals surface area contributed by atoms with Crippen molar-refractivity contribution in [3.05, 3.63) is 21.9 Å². The summed E-state index contributed by atoms with van der Waals surface area (Å²) in [5.74, 6) is 0. The summed E-state index contributed by atoms with van der Waals surface area (Å²) in [5, 5.41) is -0.0168. The minimum atomic E-state index is -3.64. The van der Waals surface area contributed by atoms with E-state index in [1.807, 2.05) is 0 Å². The van der Waals surface area contributed by atoms with Gasteiger partial charge in [-0.3, -0.25) is 0 Å². The lowest BCUT2D eigenvalue weighted by Gasteiger charge is -2.32. The molecule has 0 amide bonds. The van der Waals surface area contributed by atoms with Gasteiger partial charge < -0.3 is 4.74 Å². The summed E-state index contributed by atoms with van der Waals surface area (Å²) in [5.41, 5.74) is 0. The van der Waals surface area contributed by atoms with Gasteiger partial charge in [0, 0.05) is 23.3 Å². The van der Waals surface area contributed by atoms with Crippen LogP contribution in [0.25, 0.3) is 0 Å². The van der Waals surface area contributed by atoms with Crippen molar-refractivity contribution >= 4 is 37.6 Å². The lowest BCUT2D eigenvalue weighted by molar-refractivity contribution is 0.0392. The lowest BCUT2D eigenvalue weighted by Crippen LogP contribution is -2.47. The lowest BCUT2D eigenvalue weighted by atomic mass is 10.3. The van der Waals surface area contributed by atoms with Crippen LogP contribution in [0.5, 0.6) is 0 Å². The quantitative estimate of drug-likeness (QED) is 0.760. The van der Waals surface area contributed by atoms with E-state index in [0.29, 0.717) is 24.2 Å². The number of rotatable bonds is 2. The van der Waals surface area contributed by atoms with Gasteiger partial charge in [0.25, 0.3) is 0 Å². The highest BCUT2D eigenvalue weighted by Crippen LogP contribution is 2.27. The molecule has 0 aliphatic carbocycles. The molecule has 100 valence electrons. The first-order valence-corrected chi connectivity index (χ1v) is 7.94. The van der Waals surface area contributed by atoms with Crippen LogP contribution in [0.1, 0.15) is 6.92 Å². The number of halogens is 2. The van der Waals surface area contributed by atoms with E-state index < -0.39 is 10.0 Å². The van der Waals surface area contributed by atoms with Crippen LogP contribution in [0.4, 0.5) is 0 Å². The van der Waals surface area contributed by atoms with Crippen LogP contribution in [-0.2, 0) is 14.8 Å². The molecule has 1 aromatic heterocycles. The first-order chi connectivity index (χ1) is 8.43. The summed E-state index contributed by atoms with van der Waals surface area (Å²) >= 11 is 9.08. The minimum absolute atomic E-state index is 0.0168. The van der Waals surface area contributed by atoms with Gasteiger partial charge in [0.15, 0.2) is 0 Å². The third-order valence-corrected chi connectivity index (χ3v) is 5.54. The van der Waals surface area contributed by atoms with Gasteiger partial charge in [0.2, 0.25) is 10.0 Å². The van der Waals surface area contributed by atoms with E-state index in [1.165, 1.54) is 16.6 Å². The Kier molecular flexibility index (Phi) is 4.28. The highest BCUT2D eigenvalue weighted by Gasteiger charge is 2.33. The second kappa shape index (κ2) is 5.42. The minimum Gasteiger partial charge on any atom is -0.378 e. The smallest absolute Gasteiger partial charge is 0.246 e. The summed E-state index contributed by atoms with van der Waals surface area (Å²) in [6.45, 7) is 2.91. The fraction of sp³-hybridized carbons (Fsp3) is 0.500. The van der Waals surface area contributed by atoms with Crippen molar-refractivity contribution in [3.63, 3.8) is 0 Å². The fourth-order valence-electron chi connectivity index (χ4n) is 1.78. The van der Waals surface area contributed by atoms with Gasteiger partial charge in [-0.2, -0.15) is 4.31 Å². The molecule has 0 bridgehead atoms. The van der Waals surface area contributed by atoms with Crippen LogP contribution in [0.2, 0.25) is 5.15 Å².